The highest BCUT2D eigenvalue weighted by Crippen LogP contribution is 2.42. The summed E-state index contributed by atoms with van der Waals surface area (Å²) in [6, 6.07) is 14.9. The molecule has 2 saturated heterocycles. The second-order valence-electron chi connectivity index (χ2n) is 9.81. The van der Waals surface area contributed by atoms with E-state index in [0.717, 1.165) is 57.8 Å². The molecule has 0 unspecified atom stereocenters. The molecule has 8 nitrogen and oxygen atoms in total. The second kappa shape index (κ2) is 9.10. The predicted octanol–water partition coefficient (Wildman–Crippen LogP) is 5.12. The summed E-state index contributed by atoms with van der Waals surface area (Å²) in [5.74, 6) is 0.176. The minimum atomic E-state index is 0.176. The van der Waals surface area contributed by atoms with E-state index in [1.165, 1.54) is 11.8 Å². The summed E-state index contributed by atoms with van der Waals surface area (Å²) in [5.41, 5.74) is 4.68. The molecule has 0 saturated carbocycles. The lowest BCUT2D eigenvalue weighted by Crippen LogP contribution is -2.46. The molecule has 3 aromatic heterocycles. The van der Waals surface area contributed by atoms with Gasteiger partial charge < -0.3 is 4.90 Å². The Morgan fingerprint density at radius 3 is 2.46 bits per heavy atom. The Kier molecular flexibility index (Phi) is 5.73. The zero-order valence-corrected chi connectivity index (χ0v) is 21.4. The van der Waals surface area contributed by atoms with Gasteiger partial charge in [-0.15, -0.1) is 0 Å². The van der Waals surface area contributed by atoms with Crippen molar-refractivity contribution in [1.82, 2.24) is 24.3 Å². The minimum absolute atomic E-state index is 0.176. The van der Waals surface area contributed by atoms with Crippen LogP contribution < -0.4 is 0 Å². The van der Waals surface area contributed by atoms with E-state index in [4.69, 9.17) is 5.10 Å². The monoisotopic (exact) mass is 507 g/mol. The van der Waals surface area contributed by atoms with Crippen LogP contribution in [-0.4, -0.2) is 42.3 Å². The molecule has 6 rings (SSSR count). The lowest BCUT2D eigenvalue weighted by Gasteiger charge is -2.38. The van der Waals surface area contributed by atoms with Gasteiger partial charge in [-0.1, -0.05) is 23.9 Å². The van der Waals surface area contributed by atoms with Crippen LogP contribution in [0.1, 0.15) is 55.5 Å². The highest BCUT2D eigenvalue weighted by atomic mass is 32.2. The number of benzene rings is 1. The van der Waals surface area contributed by atoms with Crippen molar-refractivity contribution in [1.29, 1.82) is 10.5 Å². The van der Waals surface area contributed by atoms with E-state index < -0.39 is 0 Å². The van der Waals surface area contributed by atoms with Crippen LogP contribution in [0.3, 0.4) is 0 Å². The first kappa shape index (κ1) is 23.3. The molecule has 0 spiro atoms. The van der Waals surface area contributed by atoms with Crippen molar-refractivity contribution in [2.45, 2.75) is 67.4 Å². The Morgan fingerprint density at radius 1 is 1.03 bits per heavy atom. The van der Waals surface area contributed by atoms with Crippen LogP contribution in [0.25, 0.3) is 16.6 Å². The molecule has 9 heteroatoms. The van der Waals surface area contributed by atoms with Gasteiger partial charge in [0.15, 0.2) is 0 Å². The number of pyridine rings is 1. The summed E-state index contributed by atoms with van der Waals surface area (Å²) in [6.45, 7) is 3.69. The number of amides is 1. The highest BCUT2D eigenvalue weighted by molar-refractivity contribution is 7.99. The zero-order chi connectivity index (χ0) is 25.7. The molecule has 3 atom stereocenters. The van der Waals surface area contributed by atoms with Crippen LogP contribution >= 0.6 is 11.8 Å². The smallest absolute Gasteiger partial charge is 0.219 e. The van der Waals surface area contributed by atoms with Crippen LogP contribution in [0.4, 0.5) is 0 Å². The fourth-order valence-corrected chi connectivity index (χ4v) is 7.08. The van der Waals surface area contributed by atoms with Crippen molar-refractivity contribution in [3.05, 3.63) is 65.7 Å². The van der Waals surface area contributed by atoms with Gasteiger partial charge in [0.2, 0.25) is 5.91 Å². The number of nitrogens with zero attached hydrogens (tertiary/aromatic N) is 7. The number of aromatic nitrogens is 4. The summed E-state index contributed by atoms with van der Waals surface area (Å²) in [4.78, 5) is 15.9. The Labute approximate surface area is 219 Å². The van der Waals surface area contributed by atoms with Crippen LogP contribution in [0.2, 0.25) is 0 Å². The Bertz CT molecular complexity index is 1610. The van der Waals surface area contributed by atoms with E-state index in [2.05, 4.69) is 39.1 Å². The lowest BCUT2D eigenvalue weighted by molar-refractivity contribution is -0.133. The number of fused-ring (bicyclic) bond motifs is 3. The molecule has 0 N–H and O–H groups in total. The molecule has 0 aliphatic carbocycles. The maximum atomic E-state index is 12.1. The normalized spacial score (nSPS) is 20.6. The zero-order valence-electron chi connectivity index (χ0n) is 20.6. The van der Waals surface area contributed by atoms with Gasteiger partial charge in [0.05, 0.1) is 34.6 Å². The highest BCUT2D eigenvalue weighted by Gasteiger charge is 2.42. The van der Waals surface area contributed by atoms with Gasteiger partial charge in [-0.2, -0.15) is 20.7 Å². The molecule has 2 bridgehead atoms. The minimum Gasteiger partial charge on any atom is -0.337 e. The van der Waals surface area contributed by atoms with Gasteiger partial charge in [0.25, 0.3) is 0 Å². The first-order valence-corrected chi connectivity index (χ1v) is 13.2. The standard InChI is InChI=1S/C28H25N7OS/c1-17-25(16-33(32-17)24-10-22-7-8-23(11-24)35(22)18(2)36)20-9-27(28-21(13-30)14-31-34(28)15-20)37-26-6-4-3-5-19(26)12-29/h3-6,9,14-16,22-24H,7-8,10-11H2,1-2H3/t22-,23+,24-. The second-order valence-corrected chi connectivity index (χ2v) is 10.9. The Morgan fingerprint density at radius 2 is 1.76 bits per heavy atom. The van der Waals surface area contributed by atoms with Crippen LogP contribution in [0.5, 0.6) is 0 Å². The molecule has 2 aliphatic heterocycles. The molecule has 1 aromatic carbocycles. The number of aryl methyl sites for hydroxylation is 1. The van der Waals surface area contributed by atoms with Gasteiger partial charge in [0, 0.05) is 52.3 Å². The number of carbonyl (C=O) groups is 1. The van der Waals surface area contributed by atoms with Crippen molar-refractivity contribution in [3.63, 3.8) is 0 Å². The summed E-state index contributed by atoms with van der Waals surface area (Å²) in [5, 5.41) is 28.6. The molecule has 2 fully saturated rings. The molecule has 5 heterocycles. The van der Waals surface area contributed by atoms with E-state index in [0.29, 0.717) is 23.2 Å². The number of rotatable bonds is 4. The van der Waals surface area contributed by atoms with E-state index in [9.17, 15) is 15.3 Å². The van der Waals surface area contributed by atoms with E-state index in [1.54, 1.807) is 23.7 Å². The average molecular weight is 508 g/mol. The molecule has 1 amide bonds. The predicted molar refractivity (Wildman–Crippen MR) is 139 cm³/mol. The van der Waals surface area contributed by atoms with Gasteiger partial charge >= 0.3 is 0 Å². The number of hydrogen-bond acceptors (Lipinski definition) is 6. The summed E-state index contributed by atoms with van der Waals surface area (Å²) in [7, 11) is 0. The maximum Gasteiger partial charge on any atom is 0.219 e. The van der Waals surface area contributed by atoms with E-state index in [-0.39, 0.29) is 11.9 Å². The van der Waals surface area contributed by atoms with Crippen molar-refractivity contribution in [2.24, 2.45) is 0 Å². The summed E-state index contributed by atoms with van der Waals surface area (Å²) < 4.78 is 3.83. The fraction of sp³-hybridized carbons (Fsp3) is 0.321. The molecule has 0 radical (unpaired) electrons. The van der Waals surface area contributed by atoms with Gasteiger partial charge in [0.1, 0.15) is 12.1 Å². The van der Waals surface area contributed by atoms with Gasteiger partial charge in [-0.05, 0) is 50.8 Å². The molecular weight excluding hydrogens is 482 g/mol. The van der Waals surface area contributed by atoms with Gasteiger partial charge in [-0.25, -0.2) is 4.52 Å². The molecule has 2 aliphatic rings. The first-order valence-electron chi connectivity index (χ1n) is 12.4. The molecular formula is C28H25N7OS. The molecule has 184 valence electrons. The topological polar surface area (TPSA) is 103 Å². The number of carbonyl (C=O) groups excluding carboxylic acids is 1. The SMILES string of the molecule is CC(=O)N1[C@@H]2CC[C@H]1C[C@H](n1cc(-c3cc(Sc4ccccc4C#N)c4c(C#N)cnn4c3)c(C)n1)C2. The number of nitriles is 2. The third-order valence-electron chi connectivity index (χ3n) is 7.60. The Hall–Kier alpha value is -4.08. The Balaban J connectivity index is 1.39. The maximum absolute atomic E-state index is 12.1. The third-order valence-corrected chi connectivity index (χ3v) is 8.71. The van der Waals surface area contributed by atoms with Crippen molar-refractivity contribution in [2.75, 3.05) is 0 Å². The number of hydrogen-bond donors (Lipinski definition) is 0. The number of piperidine rings is 1. The van der Waals surface area contributed by atoms with Crippen LogP contribution in [0, 0.1) is 29.6 Å². The van der Waals surface area contributed by atoms with Crippen molar-refractivity contribution >= 4 is 23.2 Å². The first-order chi connectivity index (χ1) is 18.0. The largest absolute Gasteiger partial charge is 0.337 e. The van der Waals surface area contributed by atoms with Crippen molar-refractivity contribution in [3.8, 4) is 23.3 Å². The quantitative estimate of drug-likeness (QED) is 0.380. The lowest BCUT2D eigenvalue weighted by atomic mass is 9.97. The van der Waals surface area contributed by atoms with E-state index in [1.807, 2.05) is 31.3 Å². The van der Waals surface area contributed by atoms with Gasteiger partial charge in [-0.3, -0.25) is 9.48 Å². The average Bonchev–Trinajstić information content (AvgIpc) is 3.57. The van der Waals surface area contributed by atoms with Crippen molar-refractivity contribution < 1.29 is 4.79 Å². The third kappa shape index (κ3) is 3.96. The van der Waals surface area contributed by atoms with Crippen LogP contribution in [-0.2, 0) is 4.79 Å². The summed E-state index contributed by atoms with van der Waals surface area (Å²) >= 11 is 1.46. The van der Waals surface area contributed by atoms with Crippen LogP contribution in [0.15, 0.2) is 58.7 Å². The molecule has 4 aromatic rings. The molecule has 37 heavy (non-hydrogen) atoms. The summed E-state index contributed by atoms with van der Waals surface area (Å²) in [6.07, 6.45) is 9.60. The fourth-order valence-electron chi connectivity index (χ4n) is 5.99. The van der Waals surface area contributed by atoms with E-state index >= 15 is 0 Å².